The van der Waals surface area contributed by atoms with Gasteiger partial charge in [-0.25, -0.2) is 9.37 Å². The molecule has 9 nitrogen and oxygen atoms in total. The average Bonchev–Trinajstić information content (AvgIpc) is 3.40. The SMILES string of the molecule is Cn1c(=O)c(C#N)c(N(C)[C@H]2CC[C@@H](N(CC3CCC3)c3cc4c(cc3F)OCO4)CC2)c2nc(C#N)ccc21. The molecule has 206 valence electrons. The van der Waals surface area contributed by atoms with Crippen LogP contribution in [0, 0.1) is 34.4 Å². The van der Waals surface area contributed by atoms with Crippen molar-refractivity contribution in [2.24, 2.45) is 13.0 Å². The van der Waals surface area contributed by atoms with E-state index in [0.717, 1.165) is 45.1 Å². The van der Waals surface area contributed by atoms with Crippen molar-refractivity contribution in [3.63, 3.8) is 0 Å². The van der Waals surface area contributed by atoms with E-state index in [1.807, 2.05) is 11.9 Å². The smallest absolute Gasteiger partial charge is 0.270 e. The first-order valence-corrected chi connectivity index (χ1v) is 13.8. The number of ether oxygens (including phenoxy) is 2. The van der Waals surface area contributed by atoms with Gasteiger partial charge in [0.1, 0.15) is 34.7 Å². The fourth-order valence-electron chi connectivity index (χ4n) is 6.36. The number of pyridine rings is 2. The second-order valence-electron chi connectivity index (χ2n) is 11.1. The molecule has 3 heterocycles. The van der Waals surface area contributed by atoms with Crippen LogP contribution >= 0.6 is 0 Å². The summed E-state index contributed by atoms with van der Waals surface area (Å²) in [5.41, 5.74) is 1.93. The Morgan fingerprint density at radius 2 is 1.75 bits per heavy atom. The molecule has 2 aromatic heterocycles. The van der Waals surface area contributed by atoms with Crippen LogP contribution in [-0.2, 0) is 7.05 Å². The number of rotatable bonds is 6. The van der Waals surface area contributed by atoms with Crippen molar-refractivity contribution >= 4 is 22.4 Å². The zero-order chi connectivity index (χ0) is 28.0. The summed E-state index contributed by atoms with van der Waals surface area (Å²) in [6.07, 6.45) is 6.79. The third kappa shape index (κ3) is 4.38. The Hall–Kier alpha value is -4.31. The highest BCUT2D eigenvalue weighted by Crippen LogP contribution is 2.42. The van der Waals surface area contributed by atoms with Crippen molar-refractivity contribution in [2.45, 2.75) is 57.0 Å². The highest BCUT2D eigenvalue weighted by Gasteiger charge is 2.34. The van der Waals surface area contributed by atoms with E-state index in [0.29, 0.717) is 39.8 Å². The summed E-state index contributed by atoms with van der Waals surface area (Å²) in [4.78, 5) is 21.8. The number of benzene rings is 1. The van der Waals surface area contributed by atoms with Crippen LogP contribution in [0.2, 0.25) is 0 Å². The molecular weight excluding hydrogens is 511 g/mol. The van der Waals surface area contributed by atoms with Crippen molar-refractivity contribution in [3.8, 4) is 23.6 Å². The summed E-state index contributed by atoms with van der Waals surface area (Å²) in [7, 11) is 3.50. The topological polar surface area (TPSA) is 107 Å². The van der Waals surface area contributed by atoms with Crippen molar-refractivity contribution in [2.75, 3.05) is 30.2 Å². The minimum absolute atomic E-state index is 0.0243. The van der Waals surface area contributed by atoms with Gasteiger partial charge in [-0.3, -0.25) is 4.79 Å². The minimum Gasteiger partial charge on any atom is -0.454 e. The molecule has 0 atom stereocenters. The van der Waals surface area contributed by atoms with Gasteiger partial charge in [0.15, 0.2) is 11.5 Å². The molecule has 3 aliphatic rings. The van der Waals surface area contributed by atoms with E-state index in [9.17, 15) is 15.3 Å². The maximum atomic E-state index is 15.3. The predicted molar refractivity (Wildman–Crippen MR) is 148 cm³/mol. The van der Waals surface area contributed by atoms with E-state index >= 15 is 4.39 Å². The van der Waals surface area contributed by atoms with Gasteiger partial charge in [0.2, 0.25) is 6.79 Å². The highest BCUT2D eigenvalue weighted by atomic mass is 19.1. The Bertz CT molecular complexity index is 1610. The summed E-state index contributed by atoms with van der Waals surface area (Å²) >= 11 is 0. The van der Waals surface area contributed by atoms with Gasteiger partial charge in [-0.2, -0.15) is 10.5 Å². The lowest BCUT2D eigenvalue weighted by atomic mass is 9.83. The van der Waals surface area contributed by atoms with E-state index in [1.165, 1.54) is 17.1 Å². The summed E-state index contributed by atoms with van der Waals surface area (Å²) in [6, 6.07) is 10.8. The van der Waals surface area contributed by atoms with Crippen LogP contribution in [0.25, 0.3) is 11.0 Å². The molecule has 2 saturated carbocycles. The maximum Gasteiger partial charge on any atom is 0.270 e. The largest absolute Gasteiger partial charge is 0.454 e. The molecule has 6 rings (SSSR count). The zero-order valence-electron chi connectivity index (χ0n) is 22.7. The van der Waals surface area contributed by atoms with Gasteiger partial charge in [-0.1, -0.05) is 6.42 Å². The van der Waals surface area contributed by atoms with Crippen LogP contribution in [0.1, 0.15) is 56.2 Å². The van der Waals surface area contributed by atoms with E-state index in [1.54, 1.807) is 25.2 Å². The molecule has 2 aliphatic carbocycles. The number of halogens is 1. The lowest BCUT2D eigenvalue weighted by molar-refractivity contribution is 0.174. The number of hydrogen-bond donors (Lipinski definition) is 0. The second kappa shape index (κ2) is 10.3. The molecule has 0 bridgehead atoms. The van der Waals surface area contributed by atoms with Gasteiger partial charge in [-0.05, 0) is 56.6 Å². The molecule has 3 aromatic rings. The molecular formula is C30H31FN6O3. The number of aryl methyl sites for hydroxylation is 1. The number of fused-ring (bicyclic) bond motifs is 2. The summed E-state index contributed by atoms with van der Waals surface area (Å²) < 4.78 is 27.7. The first-order valence-electron chi connectivity index (χ1n) is 13.8. The monoisotopic (exact) mass is 542 g/mol. The van der Waals surface area contributed by atoms with Crippen LogP contribution in [-0.4, -0.2) is 42.0 Å². The van der Waals surface area contributed by atoms with Crippen LogP contribution in [0.5, 0.6) is 11.5 Å². The van der Waals surface area contributed by atoms with Gasteiger partial charge in [-0.15, -0.1) is 0 Å². The van der Waals surface area contributed by atoms with Crippen LogP contribution in [0.3, 0.4) is 0 Å². The molecule has 2 fully saturated rings. The summed E-state index contributed by atoms with van der Waals surface area (Å²) in [5, 5.41) is 19.4. The van der Waals surface area contributed by atoms with E-state index < -0.39 is 0 Å². The highest BCUT2D eigenvalue weighted by molar-refractivity contribution is 5.92. The minimum atomic E-state index is -0.387. The molecule has 10 heteroatoms. The number of nitriles is 2. The molecule has 0 spiro atoms. The predicted octanol–water partition coefficient (Wildman–Crippen LogP) is 4.60. The average molecular weight is 543 g/mol. The Morgan fingerprint density at radius 3 is 2.40 bits per heavy atom. The van der Waals surface area contributed by atoms with Gasteiger partial charge in [0, 0.05) is 44.9 Å². The van der Waals surface area contributed by atoms with Gasteiger partial charge < -0.3 is 23.8 Å². The Balaban J connectivity index is 1.29. The zero-order valence-corrected chi connectivity index (χ0v) is 22.7. The molecule has 1 aromatic carbocycles. The van der Waals surface area contributed by atoms with E-state index in [4.69, 9.17) is 9.47 Å². The molecule has 0 unspecified atom stereocenters. The van der Waals surface area contributed by atoms with Gasteiger partial charge in [0.05, 0.1) is 16.9 Å². The number of hydrogen-bond acceptors (Lipinski definition) is 8. The lowest BCUT2D eigenvalue weighted by Gasteiger charge is -2.44. The number of anilines is 2. The molecule has 0 saturated heterocycles. The summed E-state index contributed by atoms with van der Waals surface area (Å²) in [6.45, 7) is 0.908. The molecule has 0 N–H and O–H groups in total. The molecule has 1 aliphatic heterocycles. The summed E-state index contributed by atoms with van der Waals surface area (Å²) in [5.74, 6) is 1.27. The molecule has 0 amide bonds. The van der Waals surface area contributed by atoms with Crippen molar-refractivity contribution in [3.05, 3.63) is 51.7 Å². The standard InChI is InChI=1S/C30H31FN6O3/c1-35(29-22(15-33)30(38)36(2)24-11-6-19(14-32)34-28(24)29)20-7-9-21(10-8-20)37(16-18-4-3-5-18)25-13-27-26(12-23(25)31)39-17-40-27/h6,11-13,18,20-21H,3-5,7-10,16-17H2,1-2H3/t20-,21+. The Labute approximate surface area is 231 Å². The first kappa shape index (κ1) is 25.9. The maximum absolute atomic E-state index is 15.3. The fourth-order valence-corrected chi connectivity index (χ4v) is 6.36. The quantitative estimate of drug-likeness (QED) is 0.445. The van der Waals surface area contributed by atoms with E-state index in [-0.39, 0.29) is 41.5 Å². The second-order valence-corrected chi connectivity index (χ2v) is 11.1. The Kier molecular flexibility index (Phi) is 6.71. The third-order valence-corrected chi connectivity index (χ3v) is 8.88. The normalized spacial score (nSPS) is 20.0. The number of aromatic nitrogens is 2. The molecule has 40 heavy (non-hydrogen) atoms. The number of nitrogens with zero attached hydrogens (tertiary/aromatic N) is 6. The van der Waals surface area contributed by atoms with Crippen LogP contribution < -0.4 is 24.8 Å². The fraction of sp³-hybridized carbons (Fsp3) is 0.467. The van der Waals surface area contributed by atoms with Gasteiger partial charge in [0.25, 0.3) is 5.56 Å². The lowest BCUT2D eigenvalue weighted by Crippen LogP contribution is -2.46. The Morgan fingerprint density at radius 1 is 1.05 bits per heavy atom. The molecule has 0 radical (unpaired) electrons. The van der Waals surface area contributed by atoms with Gasteiger partial charge >= 0.3 is 0 Å². The van der Waals surface area contributed by atoms with Crippen molar-refractivity contribution < 1.29 is 13.9 Å². The van der Waals surface area contributed by atoms with Crippen LogP contribution in [0.15, 0.2) is 29.1 Å². The van der Waals surface area contributed by atoms with Crippen LogP contribution in [0.4, 0.5) is 15.8 Å². The van der Waals surface area contributed by atoms with Crippen molar-refractivity contribution in [1.82, 2.24) is 9.55 Å². The van der Waals surface area contributed by atoms with Crippen molar-refractivity contribution in [1.29, 1.82) is 10.5 Å². The first-order chi connectivity index (χ1) is 19.4. The third-order valence-electron chi connectivity index (χ3n) is 8.88. The van der Waals surface area contributed by atoms with E-state index in [2.05, 4.69) is 22.0 Å².